The van der Waals surface area contributed by atoms with Crippen LogP contribution in [0.4, 0.5) is 4.39 Å². The first kappa shape index (κ1) is 16.6. The van der Waals surface area contributed by atoms with Crippen LogP contribution in [0, 0.1) is 5.82 Å². The Hall–Kier alpha value is -2.28. The summed E-state index contributed by atoms with van der Waals surface area (Å²) in [5, 5.41) is 9.16. The molecule has 0 atom stereocenters. The van der Waals surface area contributed by atoms with E-state index in [1.165, 1.54) is 6.20 Å². The van der Waals surface area contributed by atoms with Gasteiger partial charge in [0.15, 0.2) is 0 Å². The molecule has 0 unspecified atom stereocenters. The van der Waals surface area contributed by atoms with Crippen molar-refractivity contribution in [1.82, 2.24) is 9.55 Å². The fraction of sp³-hybridized carbons (Fsp3) is 0.471. The van der Waals surface area contributed by atoms with Gasteiger partial charge in [-0.3, -0.25) is 4.79 Å². The van der Waals surface area contributed by atoms with E-state index >= 15 is 0 Å². The van der Waals surface area contributed by atoms with Gasteiger partial charge in [0.05, 0.1) is 11.1 Å². The van der Waals surface area contributed by atoms with Gasteiger partial charge >= 0.3 is 5.97 Å². The molecule has 1 aliphatic rings. The Labute approximate surface area is 138 Å². The van der Waals surface area contributed by atoms with E-state index in [4.69, 9.17) is 10.8 Å². The molecule has 3 N–H and O–H groups in total. The lowest BCUT2D eigenvalue weighted by Crippen LogP contribution is -2.27. The summed E-state index contributed by atoms with van der Waals surface area (Å²) >= 11 is 0. The van der Waals surface area contributed by atoms with Crippen molar-refractivity contribution in [2.24, 2.45) is 5.73 Å². The monoisotopic (exact) mass is 333 g/mol. The third kappa shape index (κ3) is 2.80. The molecule has 1 aliphatic carbocycles. The van der Waals surface area contributed by atoms with Crippen molar-refractivity contribution in [2.75, 3.05) is 0 Å². The number of carboxylic acid groups (broad SMARTS) is 1. The minimum atomic E-state index is -1.32. The van der Waals surface area contributed by atoms with E-state index in [0.717, 1.165) is 31.7 Å². The molecule has 24 heavy (non-hydrogen) atoms. The second-order valence-electron chi connectivity index (χ2n) is 6.30. The maximum absolute atomic E-state index is 14.6. The molecule has 0 bridgehead atoms. The van der Waals surface area contributed by atoms with Gasteiger partial charge in [-0.15, -0.1) is 0 Å². The summed E-state index contributed by atoms with van der Waals surface area (Å²) in [7, 11) is 0. The molecule has 6 nitrogen and oxygen atoms in total. The molecular weight excluding hydrogens is 313 g/mol. The molecule has 0 amide bonds. The maximum Gasteiger partial charge on any atom is 0.341 e. The van der Waals surface area contributed by atoms with Crippen LogP contribution in [0.5, 0.6) is 0 Å². The number of pyridine rings is 2. The number of hydrogen-bond donors (Lipinski definition) is 2. The lowest BCUT2D eigenvalue weighted by atomic mass is 9.84. The zero-order valence-electron chi connectivity index (χ0n) is 13.5. The highest BCUT2D eigenvalue weighted by Crippen LogP contribution is 2.33. The lowest BCUT2D eigenvalue weighted by Gasteiger charge is -2.26. The molecule has 128 valence electrons. The number of nitrogens with zero attached hydrogens (tertiary/aromatic N) is 2. The molecule has 7 heteroatoms. The van der Waals surface area contributed by atoms with E-state index in [2.05, 4.69) is 4.98 Å². The number of hydrogen-bond acceptors (Lipinski definition) is 4. The van der Waals surface area contributed by atoms with Gasteiger partial charge in [-0.1, -0.05) is 0 Å². The first-order valence-electron chi connectivity index (χ1n) is 8.14. The van der Waals surface area contributed by atoms with E-state index in [0.29, 0.717) is 17.9 Å². The number of aryl methyl sites for hydroxylation is 1. The molecule has 1 fully saturated rings. The Balaban J connectivity index is 2.18. The van der Waals surface area contributed by atoms with Crippen molar-refractivity contribution in [3.63, 3.8) is 0 Å². The molecule has 3 rings (SSSR count). The van der Waals surface area contributed by atoms with E-state index in [1.54, 1.807) is 4.57 Å². The molecule has 0 saturated heterocycles. The second kappa shape index (κ2) is 6.32. The summed E-state index contributed by atoms with van der Waals surface area (Å²) < 4.78 is 16.1. The van der Waals surface area contributed by atoms with Gasteiger partial charge in [0, 0.05) is 24.7 Å². The molecule has 0 aromatic carbocycles. The van der Waals surface area contributed by atoms with Crippen molar-refractivity contribution in [3.05, 3.63) is 39.6 Å². The number of nitrogens with two attached hydrogens (primary N) is 1. The zero-order chi connectivity index (χ0) is 17.4. The zero-order valence-corrected chi connectivity index (χ0v) is 13.5. The molecule has 2 aromatic heterocycles. The predicted octanol–water partition coefficient (Wildman–Crippen LogP) is 2.24. The average Bonchev–Trinajstić information content (AvgIpc) is 2.56. The number of carbonyl (C=O) groups is 1. The number of carboxylic acids is 1. The molecular formula is C17H20FN3O3. The van der Waals surface area contributed by atoms with E-state index in [-0.39, 0.29) is 22.9 Å². The maximum atomic E-state index is 14.6. The topological polar surface area (TPSA) is 98.2 Å². The first-order valence-corrected chi connectivity index (χ1v) is 8.14. The summed E-state index contributed by atoms with van der Waals surface area (Å²) in [6.07, 6.45) is 4.45. The van der Waals surface area contributed by atoms with Gasteiger partial charge in [-0.2, -0.15) is 0 Å². The van der Waals surface area contributed by atoms with Crippen molar-refractivity contribution in [2.45, 2.75) is 51.1 Å². The van der Waals surface area contributed by atoms with Gasteiger partial charge in [-0.05, 0) is 38.7 Å². The summed E-state index contributed by atoms with van der Waals surface area (Å²) in [6.45, 7) is 2.25. The predicted molar refractivity (Wildman–Crippen MR) is 87.8 cm³/mol. The van der Waals surface area contributed by atoms with Gasteiger partial charge in [0.1, 0.15) is 17.0 Å². The van der Waals surface area contributed by atoms with Gasteiger partial charge in [0.2, 0.25) is 5.43 Å². The molecule has 2 heterocycles. The molecule has 0 spiro atoms. The Morgan fingerprint density at radius 2 is 2.08 bits per heavy atom. The van der Waals surface area contributed by atoms with Crippen LogP contribution in [0.3, 0.4) is 0 Å². The molecule has 0 radical (unpaired) electrons. The Morgan fingerprint density at radius 1 is 1.42 bits per heavy atom. The highest BCUT2D eigenvalue weighted by Gasteiger charge is 2.25. The van der Waals surface area contributed by atoms with Crippen LogP contribution in [0.1, 0.15) is 54.6 Å². The van der Waals surface area contributed by atoms with Gasteiger partial charge < -0.3 is 15.4 Å². The van der Waals surface area contributed by atoms with E-state index in [1.807, 2.05) is 6.92 Å². The van der Waals surface area contributed by atoms with Crippen molar-refractivity contribution >= 4 is 17.0 Å². The SMILES string of the molecule is CCn1cc(C(=O)O)c(=O)c2cc(F)c(C3CCC(N)CC3)nc21. The quantitative estimate of drug-likeness (QED) is 0.897. The third-order valence-corrected chi connectivity index (χ3v) is 4.76. The number of halogens is 1. The van der Waals surface area contributed by atoms with Crippen LogP contribution in [0.25, 0.3) is 11.0 Å². The first-order chi connectivity index (χ1) is 11.4. The highest BCUT2D eigenvalue weighted by molar-refractivity contribution is 5.91. The van der Waals surface area contributed by atoms with Gasteiger partial charge in [-0.25, -0.2) is 14.2 Å². The number of aromatic nitrogens is 2. The Kier molecular flexibility index (Phi) is 4.36. The largest absolute Gasteiger partial charge is 0.477 e. The number of fused-ring (bicyclic) bond motifs is 1. The molecule has 1 saturated carbocycles. The smallest absolute Gasteiger partial charge is 0.341 e. The number of aromatic carboxylic acids is 1. The van der Waals surface area contributed by atoms with E-state index in [9.17, 15) is 14.0 Å². The third-order valence-electron chi connectivity index (χ3n) is 4.76. The summed E-state index contributed by atoms with van der Waals surface area (Å²) in [4.78, 5) is 27.9. The fourth-order valence-electron chi connectivity index (χ4n) is 3.37. The average molecular weight is 333 g/mol. The molecule has 2 aromatic rings. The Morgan fingerprint density at radius 3 is 2.67 bits per heavy atom. The minimum Gasteiger partial charge on any atom is -0.477 e. The van der Waals surface area contributed by atoms with Crippen molar-refractivity contribution in [1.29, 1.82) is 0 Å². The van der Waals surface area contributed by atoms with Crippen LogP contribution in [0.2, 0.25) is 0 Å². The van der Waals surface area contributed by atoms with Crippen LogP contribution >= 0.6 is 0 Å². The lowest BCUT2D eigenvalue weighted by molar-refractivity contribution is 0.0695. The minimum absolute atomic E-state index is 0.00510. The van der Waals surface area contributed by atoms with Gasteiger partial charge in [0.25, 0.3) is 0 Å². The summed E-state index contributed by atoms with van der Waals surface area (Å²) in [5.41, 5.74) is 5.50. The number of rotatable bonds is 3. The van der Waals surface area contributed by atoms with E-state index < -0.39 is 17.2 Å². The second-order valence-corrected chi connectivity index (χ2v) is 6.30. The summed E-state index contributed by atoms with van der Waals surface area (Å²) in [5.74, 6) is -1.89. The van der Waals surface area contributed by atoms with Crippen LogP contribution in [0.15, 0.2) is 17.1 Å². The van der Waals surface area contributed by atoms with Crippen LogP contribution in [-0.2, 0) is 6.54 Å². The summed E-state index contributed by atoms with van der Waals surface area (Å²) in [6, 6.07) is 1.28. The van der Waals surface area contributed by atoms with Crippen LogP contribution < -0.4 is 11.2 Å². The van der Waals surface area contributed by atoms with Crippen molar-refractivity contribution < 1.29 is 14.3 Å². The molecule has 0 aliphatic heterocycles. The Bertz CT molecular complexity index is 854. The fourth-order valence-corrected chi connectivity index (χ4v) is 3.37. The normalized spacial score (nSPS) is 21.1. The van der Waals surface area contributed by atoms with Crippen molar-refractivity contribution in [3.8, 4) is 0 Å². The van der Waals surface area contributed by atoms with Crippen LogP contribution in [-0.4, -0.2) is 26.7 Å². The highest BCUT2D eigenvalue weighted by atomic mass is 19.1. The standard InChI is InChI=1S/C17H20FN3O3/c1-2-21-8-12(17(23)24)15(22)11-7-13(18)14(20-16(11)21)9-3-5-10(19)6-4-9/h7-10H,2-6,19H2,1H3,(H,23,24).